The third-order valence-corrected chi connectivity index (χ3v) is 3.35. The van der Waals surface area contributed by atoms with Gasteiger partial charge in [0.1, 0.15) is 0 Å². The van der Waals surface area contributed by atoms with Gasteiger partial charge in [-0.1, -0.05) is 0 Å². The van der Waals surface area contributed by atoms with E-state index in [2.05, 4.69) is 5.32 Å². The van der Waals surface area contributed by atoms with Gasteiger partial charge in [0.15, 0.2) is 11.0 Å². The Kier molecular flexibility index (Phi) is 3.03. The van der Waals surface area contributed by atoms with Crippen LogP contribution in [0.1, 0.15) is 31.3 Å². The van der Waals surface area contributed by atoms with E-state index in [0.717, 1.165) is 4.90 Å². The van der Waals surface area contributed by atoms with Crippen LogP contribution in [0.15, 0.2) is 34.7 Å². The van der Waals surface area contributed by atoms with Crippen molar-refractivity contribution in [2.24, 2.45) is 0 Å². The molecule has 106 valence electrons. The molecule has 3 rings (SSSR count). The van der Waals surface area contributed by atoms with Crippen molar-refractivity contribution in [3.05, 3.63) is 52.4 Å². The smallest absolute Gasteiger partial charge is 0.291 e. The predicted octanol–water partition coefficient (Wildman–Crippen LogP) is 2.41. The number of benzene rings is 1. The first-order chi connectivity index (χ1) is 9.97. The number of hydrogen-bond acceptors (Lipinski definition) is 4. The fourth-order valence-electron chi connectivity index (χ4n) is 2.07. The van der Waals surface area contributed by atoms with Crippen molar-refractivity contribution < 1.29 is 18.8 Å². The van der Waals surface area contributed by atoms with Gasteiger partial charge in [-0.05, 0) is 41.9 Å². The Hall–Kier alpha value is -2.60. The van der Waals surface area contributed by atoms with E-state index < -0.39 is 11.8 Å². The molecule has 1 aromatic carbocycles. The Morgan fingerprint density at radius 3 is 2.52 bits per heavy atom. The largest absolute Gasteiger partial charge is 0.440 e. The van der Waals surface area contributed by atoms with Gasteiger partial charge in [0.25, 0.3) is 17.7 Å². The molecule has 6 nitrogen and oxygen atoms in total. The van der Waals surface area contributed by atoms with Gasteiger partial charge in [-0.2, -0.15) is 0 Å². The highest BCUT2D eigenvalue weighted by atomic mass is 35.5. The third kappa shape index (κ3) is 2.19. The number of nitrogens with one attached hydrogen (secondary N) is 1. The number of amides is 3. The molecule has 0 radical (unpaired) electrons. The minimum absolute atomic E-state index is 0.0556. The number of carbonyl (C=O) groups is 3. The number of rotatable bonds is 2. The van der Waals surface area contributed by atoms with Gasteiger partial charge in [0, 0.05) is 12.7 Å². The summed E-state index contributed by atoms with van der Waals surface area (Å²) in [5.41, 5.74) is 0.974. The second-order valence-electron chi connectivity index (χ2n) is 4.49. The van der Waals surface area contributed by atoms with Gasteiger partial charge in [0.05, 0.1) is 11.1 Å². The minimum Gasteiger partial charge on any atom is -0.440 e. The molecule has 2 heterocycles. The second-order valence-corrected chi connectivity index (χ2v) is 4.86. The first kappa shape index (κ1) is 13.4. The van der Waals surface area contributed by atoms with E-state index in [9.17, 15) is 14.4 Å². The quantitative estimate of drug-likeness (QED) is 0.864. The van der Waals surface area contributed by atoms with Crippen LogP contribution in [0.5, 0.6) is 0 Å². The summed E-state index contributed by atoms with van der Waals surface area (Å²) in [5, 5.41) is 2.69. The van der Waals surface area contributed by atoms with Crippen molar-refractivity contribution in [2.75, 3.05) is 12.4 Å². The van der Waals surface area contributed by atoms with E-state index in [1.54, 1.807) is 6.07 Å². The maximum Gasteiger partial charge on any atom is 0.291 e. The maximum absolute atomic E-state index is 11.9. The minimum atomic E-state index is -0.494. The molecule has 21 heavy (non-hydrogen) atoms. The SMILES string of the molecule is CN1C(=O)c2ccc(NC(=O)c3ccc(Cl)o3)cc2C1=O. The lowest BCUT2D eigenvalue weighted by Crippen LogP contribution is -2.24. The van der Waals surface area contributed by atoms with Crippen LogP contribution in [-0.4, -0.2) is 29.7 Å². The first-order valence-corrected chi connectivity index (χ1v) is 6.38. The highest BCUT2D eigenvalue weighted by Crippen LogP contribution is 2.25. The molecule has 3 amide bonds. The molecule has 0 fully saturated rings. The monoisotopic (exact) mass is 304 g/mol. The summed E-state index contributed by atoms with van der Waals surface area (Å²) in [4.78, 5) is 36.6. The maximum atomic E-state index is 11.9. The number of nitrogens with zero attached hydrogens (tertiary/aromatic N) is 1. The normalized spacial score (nSPS) is 13.5. The standard InChI is InChI=1S/C14H9ClN2O4/c1-17-13(19)8-3-2-7(6-9(8)14(17)20)16-12(18)10-4-5-11(15)21-10/h2-6H,1H3,(H,16,18). The van der Waals surface area contributed by atoms with E-state index in [4.69, 9.17) is 16.0 Å². The molecule has 0 bridgehead atoms. The number of hydrogen-bond donors (Lipinski definition) is 1. The summed E-state index contributed by atoms with van der Waals surface area (Å²) in [5.74, 6) is -1.19. The van der Waals surface area contributed by atoms with Gasteiger partial charge >= 0.3 is 0 Å². The number of carbonyl (C=O) groups excluding carboxylic acids is 3. The molecule has 7 heteroatoms. The molecule has 1 aliphatic rings. The van der Waals surface area contributed by atoms with Gasteiger partial charge in [-0.25, -0.2) is 0 Å². The summed E-state index contributed by atoms with van der Waals surface area (Å²) in [6.07, 6.45) is 0. The molecular formula is C14H9ClN2O4. The molecule has 1 aromatic heterocycles. The van der Waals surface area contributed by atoms with Crippen LogP contribution in [0.4, 0.5) is 5.69 Å². The molecule has 1 N–H and O–H groups in total. The predicted molar refractivity (Wildman–Crippen MR) is 74.5 cm³/mol. The zero-order chi connectivity index (χ0) is 15.1. The van der Waals surface area contributed by atoms with E-state index in [-0.39, 0.29) is 22.5 Å². The average Bonchev–Trinajstić information content (AvgIpc) is 2.98. The number of halogens is 1. The highest BCUT2D eigenvalue weighted by Gasteiger charge is 2.32. The summed E-state index contributed by atoms with van der Waals surface area (Å²) < 4.78 is 4.99. The molecule has 0 spiro atoms. The van der Waals surface area contributed by atoms with Gasteiger partial charge in [0.2, 0.25) is 0 Å². The number of fused-ring (bicyclic) bond motifs is 1. The molecule has 0 unspecified atom stereocenters. The molecule has 2 aromatic rings. The van der Waals surface area contributed by atoms with Crippen molar-refractivity contribution >= 4 is 35.0 Å². The zero-order valence-electron chi connectivity index (χ0n) is 10.8. The second kappa shape index (κ2) is 4.75. The van der Waals surface area contributed by atoms with Crippen LogP contribution in [0.2, 0.25) is 5.22 Å². The average molecular weight is 305 g/mol. The number of anilines is 1. The summed E-state index contributed by atoms with van der Waals surface area (Å²) in [6, 6.07) is 7.40. The van der Waals surface area contributed by atoms with Crippen molar-refractivity contribution in [2.45, 2.75) is 0 Å². The van der Waals surface area contributed by atoms with Gasteiger partial charge in [-0.15, -0.1) is 0 Å². The Labute approximate surface area is 124 Å². The number of furan rings is 1. The fourth-order valence-corrected chi connectivity index (χ4v) is 2.21. The Morgan fingerprint density at radius 1 is 1.14 bits per heavy atom. The van der Waals surface area contributed by atoms with E-state index >= 15 is 0 Å². The molecule has 1 aliphatic heterocycles. The topological polar surface area (TPSA) is 79.6 Å². The van der Waals surface area contributed by atoms with E-state index in [1.165, 1.54) is 31.3 Å². The lowest BCUT2D eigenvalue weighted by molar-refractivity contribution is 0.0692. The summed E-state index contributed by atoms with van der Waals surface area (Å²) in [7, 11) is 1.41. The Balaban J connectivity index is 1.87. The van der Waals surface area contributed by atoms with Crippen LogP contribution >= 0.6 is 11.6 Å². The summed E-state index contributed by atoms with van der Waals surface area (Å²) >= 11 is 5.60. The van der Waals surface area contributed by atoms with Gasteiger partial charge in [-0.3, -0.25) is 19.3 Å². The van der Waals surface area contributed by atoms with E-state index in [1.807, 2.05) is 0 Å². The Morgan fingerprint density at radius 2 is 1.86 bits per heavy atom. The van der Waals surface area contributed by atoms with Gasteiger partial charge < -0.3 is 9.73 Å². The van der Waals surface area contributed by atoms with Crippen LogP contribution in [-0.2, 0) is 0 Å². The zero-order valence-corrected chi connectivity index (χ0v) is 11.6. The van der Waals surface area contributed by atoms with Crippen LogP contribution < -0.4 is 5.32 Å². The van der Waals surface area contributed by atoms with Crippen molar-refractivity contribution in [3.8, 4) is 0 Å². The molecular weight excluding hydrogens is 296 g/mol. The van der Waals surface area contributed by atoms with Crippen molar-refractivity contribution in [3.63, 3.8) is 0 Å². The molecule has 0 saturated carbocycles. The fraction of sp³-hybridized carbons (Fsp3) is 0.0714. The third-order valence-electron chi connectivity index (χ3n) is 3.14. The number of imide groups is 1. The van der Waals surface area contributed by atoms with E-state index in [0.29, 0.717) is 11.3 Å². The first-order valence-electron chi connectivity index (χ1n) is 6.00. The van der Waals surface area contributed by atoms with Crippen LogP contribution in [0, 0.1) is 0 Å². The Bertz CT molecular complexity index is 781. The van der Waals surface area contributed by atoms with Crippen LogP contribution in [0.3, 0.4) is 0 Å². The lowest BCUT2D eigenvalue weighted by Gasteiger charge is -2.04. The van der Waals surface area contributed by atoms with Crippen molar-refractivity contribution in [1.29, 1.82) is 0 Å². The molecule has 0 aliphatic carbocycles. The summed E-state index contributed by atoms with van der Waals surface area (Å²) in [6.45, 7) is 0. The molecule has 0 saturated heterocycles. The lowest BCUT2D eigenvalue weighted by atomic mass is 10.1. The molecule has 0 atom stereocenters. The van der Waals surface area contributed by atoms with Crippen molar-refractivity contribution in [1.82, 2.24) is 4.90 Å². The highest BCUT2D eigenvalue weighted by molar-refractivity contribution is 6.29. The van der Waals surface area contributed by atoms with Crippen LogP contribution in [0.25, 0.3) is 0 Å².